The second-order valence-electron chi connectivity index (χ2n) is 4.58. The Bertz CT molecular complexity index is 623. The smallest absolute Gasteiger partial charge is 0.321 e. The summed E-state index contributed by atoms with van der Waals surface area (Å²) in [5.74, 6) is -0.281. The molecule has 1 unspecified atom stereocenters. The van der Waals surface area contributed by atoms with Gasteiger partial charge in [0.1, 0.15) is 11.8 Å². The van der Waals surface area contributed by atoms with E-state index in [2.05, 4.69) is 10.3 Å². The number of furan rings is 1. The van der Waals surface area contributed by atoms with Crippen LogP contribution in [0.25, 0.3) is 0 Å². The minimum atomic E-state index is -0.983. The topological polar surface area (TPSA) is 75.4 Å². The van der Waals surface area contributed by atoms with Crippen LogP contribution in [0.4, 0.5) is 0 Å². The molecule has 0 fully saturated rings. The van der Waals surface area contributed by atoms with Crippen LogP contribution in [0.3, 0.4) is 0 Å². The van der Waals surface area contributed by atoms with Gasteiger partial charge >= 0.3 is 5.97 Å². The molecule has 0 spiro atoms. The van der Waals surface area contributed by atoms with Gasteiger partial charge in [-0.05, 0) is 24.1 Å². The van der Waals surface area contributed by atoms with Crippen molar-refractivity contribution in [1.29, 1.82) is 0 Å². The first-order valence-electron chi connectivity index (χ1n) is 6.26. The first kappa shape index (κ1) is 15.8. The molecular weight excluding hydrogens is 315 g/mol. The summed E-state index contributed by atoms with van der Waals surface area (Å²) in [6.45, 7) is 2.21. The van der Waals surface area contributed by atoms with E-state index in [0.717, 1.165) is 5.56 Å². The van der Waals surface area contributed by atoms with Crippen LogP contribution in [0.1, 0.15) is 16.9 Å². The van der Waals surface area contributed by atoms with Crippen LogP contribution in [0.5, 0.6) is 0 Å². The highest BCUT2D eigenvalue weighted by Crippen LogP contribution is 2.24. The quantitative estimate of drug-likeness (QED) is 0.852. The molecule has 0 aliphatic rings. The maximum absolute atomic E-state index is 11.4. The number of carboxylic acid groups (broad SMARTS) is 1. The lowest BCUT2D eigenvalue weighted by atomic mass is 10.1. The average Bonchev–Trinajstić information content (AvgIpc) is 2.82. The Morgan fingerprint density at radius 1 is 1.43 bits per heavy atom. The van der Waals surface area contributed by atoms with Crippen LogP contribution in [0.15, 0.2) is 29.1 Å². The lowest BCUT2D eigenvalue weighted by Gasteiger charge is -2.15. The summed E-state index contributed by atoms with van der Waals surface area (Å²) in [4.78, 5) is 15.2. The Kier molecular flexibility index (Phi) is 5.22. The van der Waals surface area contributed by atoms with Gasteiger partial charge in [0.25, 0.3) is 0 Å². The highest BCUT2D eigenvalue weighted by Gasteiger charge is 2.21. The van der Waals surface area contributed by atoms with Crippen LogP contribution in [0.2, 0.25) is 10.0 Å². The van der Waals surface area contributed by atoms with Crippen molar-refractivity contribution in [3.05, 3.63) is 51.7 Å². The Morgan fingerprint density at radius 3 is 2.62 bits per heavy atom. The number of nitrogens with one attached hydrogen (secondary N) is 1. The maximum Gasteiger partial charge on any atom is 0.321 e. The molecule has 0 aromatic carbocycles. The standard InChI is InChI=1S/C14H14Cl2N2O3/c1-8-2-3-21-13(8)7-18-12(14(19)20)4-9-10(15)5-17-6-11(9)16/h2-3,5-6,12,18H,4,7H2,1H3,(H,19,20). The number of halogens is 2. The van der Waals surface area contributed by atoms with Gasteiger partial charge in [0.05, 0.1) is 22.9 Å². The van der Waals surface area contributed by atoms with Gasteiger partial charge in [0, 0.05) is 18.8 Å². The van der Waals surface area contributed by atoms with Gasteiger partial charge in [-0.2, -0.15) is 0 Å². The summed E-state index contributed by atoms with van der Waals surface area (Å²) in [5, 5.41) is 13.0. The predicted octanol–water partition coefficient (Wildman–Crippen LogP) is 3.08. The van der Waals surface area contributed by atoms with E-state index in [1.807, 2.05) is 13.0 Å². The zero-order valence-electron chi connectivity index (χ0n) is 11.3. The predicted molar refractivity (Wildman–Crippen MR) is 79.7 cm³/mol. The van der Waals surface area contributed by atoms with E-state index in [4.69, 9.17) is 27.6 Å². The number of aryl methyl sites for hydroxylation is 1. The molecule has 112 valence electrons. The number of aromatic nitrogens is 1. The second-order valence-corrected chi connectivity index (χ2v) is 5.40. The third-order valence-corrected chi connectivity index (χ3v) is 3.79. The third kappa shape index (κ3) is 3.97. The molecule has 2 N–H and O–H groups in total. The largest absolute Gasteiger partial charge is 0.480 e. The van der Waals surface area contributed by atoms with E-state index in [1.165, 1.54) is 12.4 Å². The van der Waals surface area contributed by atoms with Crippen molar-refractivity contribution in [2.75, 3.05) is 0 Å². The SMILES string of the molecule is Cc1ccoc1CNC(Cc1c(Cl)cncc1Cl)C(=O)O. The molecule has 2 heterocycles. The van der Waals surface area contributed by atoms with E-state index in [1.54, 1.807) is 6.26 Å². The van der Waals surface area contributed by atoms with Crippen LogP contribution >= 0.6 is 23.2 Å². The Morgan fingerprint density at radius 2 is 2.10 bits per heavy atom. The van der Waals surface area contributed by atoms with Gasteiger partial charge in [-0.25, -0.2) is 0 Å². The number of aliphatic carboxylic acids is 1. The fourth-order valence-corrected chi connectivity index (χ4v) is 2.40. The van der Waals surface area contributed by atoms with Crippen molar-refractivity contribution in [2.45, 2.75) is 25.9 Å². The molecule has 21 heavy (non-hydrogen) atoms. The average molecular weight is 329 g/mol. The van der Waals surface area contributed by atoms with Gasteiger partial charge < -0.3 is 9.52 Å². The van der Waals surface area contributed by atoms with Crippen LogP contribution in [-0.2, 0) is 17.8 Å². The normalized spacial score (nSPS) is 12.3. The highest BCUT2D eigenvalue weighted by molar-refractivity contribution is 6.35. The zero-order chi connectivity index (χ0) is 15.4. The van der Waals surface area contributed by atoms with Crippen LogP contribution < -0.4 is 5.32 Å². The number of hydrogen-bond donors (Lipinski definition) is 2. The van der Waals surface area contributed by atoms with Gasteiger partial charge in [-0.1, -0.05) is 23.2 Å². The van der Waals surface area contributed by atoms with Crippen molar-refractivity contribution in [1.82, 2.24) is 10.3 Å². The first-order valence-corrected chi connectivity index (χ1v) is 7.01. The van der Waals surface area contributed by atoms with Crippen molar-refractivity contribution in [3.8, 4) is 0 Å². The molecule has 0 saturated heterocycles. The van der Waals surface area contributed by atoms with Crippen molar-refractivity contribution in [2.24, 2.45) is 0 Å². The molecule has 0 saturated carbocycles. The zero-order valence-corrected chi connectivity index (χ0v) is 12.8. The van der Waals surface area contributed by atoms with E-state index < -0.39 is 12.0 Å². The van der Waals surface area contributed by atoms with Gasteiger partial charge in [0.2, 0.25) is 0 Å². The second kappa shape index (κ2) is 6.93. The Labute approximate surface area is 131 Å². The van der Waals surface area contributed by atoms with Crippen molar-refractivity contribution < 1.29 is 14.3 Å². The number of nitrogens with zero attached hydrogens (tertiary/aromatic N) is 1. The molecule has 0 aliphatic carbocycles. The van der Waals surface area contributed by atoms with Gasteiger partial charge in [0.15, 0.2) is 0 Å². The minimum Gasteiger partial charge on any atom is -0.480 e. The molecule has 0 aliphatic heterocycles. The minimum absolute atomic E-state index is 0.162. The summed E-state index contributed by atoms with van der Waals surface area (Å²) < 4.78 is 5.27. The molecule has 2 aromatic rings. The summed E-state index contributed by atoms with van der Waals surface area (Å²) in [6, 6.07) is 0.996. The number of rotatable bonds is 6. The maximum atomic E-state index is 11.4. The highest BCUT2D eigenvalue weighted by atomic mass is 35.5. The molecule has 5 nitrogen and oxygen atoms in total. The number of carboxylic acids is 1. The van der Waals surface area contributed by atoms with E-state index in [0.29, 0.717) is 27.9 Å². The Hall–Kier alpha value is -1.56. The first-order chi connectivity index (χ1) is 9.99. The molecule has 0 amide bonds. The van der Waals surface area contributed by atoms with Crippen LogP contribution in [-0.4, -0.2) is 22.1 Å². The number of carbonyl (C=O) groups is 1. The number of hydrogen-bond acceptors (Lipinski definition) is 4. The van der Waals surface area contributed by atoms with Crippen molar-refractivity contribution in [3.63, 3.8) is 0 Å². The summed E-state index contributed by atoms with van der Waals surface area (Å²) >= 11 is 12.0. The van der Waals surface area contributed by atoms with Gasteiger partial charge in [-0.15, -0.1) is 0 Å². The van der Waals surface area contributed by atoms with E-state index in [-0.39, 0.29) is 6.42 Å². The third-order valence-electron chi connectivity index (χ3n) is 3.14. The van der Waals surface area contributed by atoms with Gasteiger partial charge in [-0.3, -0.25) is 15.1 Å². The molecule has 2 rings (SSSR count). The monoisotopic (exact) mass is 328 g/mol. The Balaban J connectivity index is 2.09. The summed E-state index contributed by atoms with van der Waals surface area (Å²) in [6.07, 6.45) is 4.62. The summed E-state index contributed by atoms with van der Waals surface area (Å²) in [5.41, 5.74) is 1.52. The lowest BCUT2D eigenvalue weighted by Crippen LogP contribution is -2.38. The molecular formula is C14H14Cl2N2O3. The van der Waals surface area contributed by atoms with Crippen LogP contribution in [0, 0.1) is 6.92 Å². The number of pyridine rings is 1. The summed E-state index contributed by atoms with van der Waals surface area (Å²) in [7, 11) is 0. The fourth-order valence-electron chi connectivity index (χ4n) is 1.89. The fraction of sp³-hybridized carbons (Fsp3) is 0.286. The van der Waals surface area contributed by atoms with E-state index >= 15 is 0 Å². The van der Waals surface area contributed by atoms with Crippen molar-refractivity contribution >= 4 is 29.2 Å². The molecule has 0 radical (unpaired) electrons. The molecule has 1 atom stereocenters. The lowest BCUT2D eigenvalue weighted by molar-refractivity contribution is -0.139. The molecule has 0 bridgehead atoms. The molecule has 7 heteroatoms. The molecule has 2 aromatic heterocycles. The van der Waals surface area contributed by atoms with E-state index in [9.17, 15) is 9.90 Å².